The number of benzene rings is 2. The summed E-state index contributed by atoms with van der Waals surface area (Å²) in [6.07, 6.45) is 0. The minimum Gasteiger partial charge on any atom is -0.465 e. The molecule has 0 unspecified atom stereocenters. The van der Waals surface area contributed by atoms with Crippen molar-refractivity contribution in [3.05, 3.63) is 64.2 Å². The van der Waals surface area contributed by atoms with Crippen LogP contribution >= 0.6 is 11.6 Å². The van der Waals surface area contributed by atoms with Crippen LogP contribution in [0.5, 0.6) is 0 Å². The molecule has 0 aliphatic heterocycles. The highest BCUT2D eigenvalue weighted by Gasteiger charge is 2.18. The number of halogens is 3. The monoisotopic (exact) mass is 325 g/mol. The number of ether oxygens (including phenoxy) is 1. The lowest BCUT2D eigenvalue weighted by molar-refractivity contribution is 0.0595. The zero-order valence-corrected chi connectivity index (χ0v) is 12.1. The van der Waals surface area contributed by atoms with Crippen molar-refractivity contribution in [1.82, 2.24) is 0 Å². The molecule has 2 aromatic rings. The lowest BCUT2D eigenvalue weighted by Gasteiger charge is -2.09. The average molecular weight is 326 g/mol. The zero-order valence-electron chi connectivity index (χ0n) is 11.3. The third-order valence-electron chi connectivity index (χ3n) is 2.82. The smallest absolute Gasteiger partial charge is 0.340 e. The van der Waals surface area contributed by atoms with Gasteiger partial charge in [0.2, 0.25) is 0 Å². The van der Waals surface area contributed by atoms with Gasteiger partial charge < -0.3 is 10.1 Å². The summed E-state index contributed by atoms with van der Waals surface area (Å²) in [6.45, 7) is 0. The van der Waals surface area contributed by atoms with E-state index in [1.54, 1.807) is 0 Å². The second kappa shape index (κ2) is 6.53. The molecule has 0 saturated heterocycles. The average Bonchev–Trinajstić information content (AvgIpc) is 2.49. The van der Waals surface area contributed by atoms with E-state index in [0.29, 0.717) is 11.1 Å². The topological polar surface area (TPSA) is 55.4 Å². The van der Waals surface area contributed by atoms with Gasteiger partial charge >= 0.3 is 5.97 Å². The Morgan fingerprint density at radius 3 is 2.32 bits per heavy atom. The van der Waals surface area contributed by atoms with Crippen molar-refractivity contribution in [1.29, 1.82) is 0 Å². The van der Waals surface area contributed by atoms with Gasteiger partial charge in [0.1, 0.15) is 11.6 Å². The van der Waals surface area contributed by atoms with E-state index >= 15 is 0 Å². The predicted octanol–water partition coefficient (Wildman–Crippen LogP) is 3.66. The van der Waals surface area contributed by atoms with E-state index in [-0.39, 0.29) is 11.3 Å². The maximum atomic E-state index is 13.7. The van der Waals surface area contributed by atoms with Gasteiger partial charge in [0.15, 0.2) is 0 Å². The maximum Gasteiger partial charge on any atom is 0.340 e. The van der Waals surface area contributed by atoms with Crippen LogP contribution in [0.1, 0.15) is 20.7 Å². The fraction of sp³-hybridized carbons (Fsp3) is 0.0667. The first-order valence-corrected chi connectivity index (χ1v) is 6.44. The maximum absolute atomic E-state index is 13.7. The highest BCUT2D eigenvalue weighted by molar-refractivity contribution is 6.30. The number of esters is 1. The van der Waals surface area contributed by atoms with Crippen molar-refractivity contribution < 1.29 is 23.1 Å². The van der Waals surface area contributed by atoms with Crippen LogP contribution in [0.3, 0.4) is 0 Å². The number of carbonyl (C=O) groups is 2. The van der Waals surface area contributed by atoms with Crippen LogP contribution in [0.25, 0.3) is 0 Å². The van der Waals surface area contributed by atoms with Gasteiger partial charge in [-0.15, -0.1) is 0 Å². The van der Waals surface area contributed by atoms with Crippen molar-refractivity contribution in [3.63, 3.8) is 0 Å². The van der Waals surface area contributed by atoms with Crippen LogP contribution in [0.15, 0.2) is 36.4 Å². The number of nitrogens with one attached hydrogen (secondary N) is 1. The summed E-state index contributed by atoms with van der Waals surface area (Å²) in [5.41, 5.74) is -0.579. The van der Waals surface area contributed by atoms with E-state index in [9.17, 15) is 18.4 Å². The minimum atomic E-state index is -1.08. The fourth-order valence-corrected chi connectivity index (χ4v) is 1.83. The standard InChI is InChI=1S/C15H10ClF2NO3/c1-22-15(21)10-6-13(12(18)7-11(10)17)19-14(20)8-2-4-9(16)5-3-8/h2-7H,1H3,(H,19,20). The van der Waals surface area contributed by atoms with Gasteiger partial charge in [-0.05, 0) is 30.3 Å². The van der Waals surface area contributed by atoms with Crippen molar-refractivity contribution in [2.24, 2.45) is 0 Å². The fourth-order valence-electron chi connectivity index (χ4n) is 1.71. The molecule has 1 amide bonds. The highest BCUT2D eigenvalue weighted by atomic mass is 35.5. The van der Waals surface area contributed by atoms with Crippen molar-refractivity contribution >= 4 is 29.2 Å². The first-order chi connectivity index (χ1) is 10.4. The summed E-state index contributed by atoms with van der Waals surface area (Å²) in [4.78, 5) is 23.4. The molecule has 0 aliphatic rings. The molecule has 2 aromatic carbocycles. The van der Waals surface area contributed by atoms with Crippen molar-refractivity contribution in [3.8, 4) is 0 Å². The van der Waals surface area contributed by atoms with Crippen LogP contribution in [0.4, 0.5) is 14.5 Å². The highest BCUT2D eigenvalue weighted by Crippen LogP contribution is 2.21. The lowest BCUT2D eigenvalue weighted by atomic mass is 10.1. The van der Waals surface area contributed by atoms with Gasteiger partial charge in [0, 0.05) is 16.7 Å². The summed E-state index contributed by atoms with van der Waals surface area (Å²) in [6, 6.07) is 7.27. The third-order valence-corrected chi connectivity index (χ3v) is 3.07. The molecule has 0 radical (unpaired) electrons. The van der Waals surface area contributed by atoms with Crippen LogP contribution in [0.2, 0.25) is 5.02 Å². The van der Waals surface area contributed by atoms with Gasteiger partial charge in [-0.2, -0.15) is 0 Å². The molecule has 0 heterocycles. The molecule has 0 fully saturated rings. The van der Waals surface area contributed by atoms with Gasteiger partial charge in [0.25, 0.3) is 5.91 Å². The van der Waals surface area contributed by atoms with Crippen molar-refractivity contribution in [2.75, 3.05) is 12.4 Å². The Morgan fingerprint density at radius 2 is 1.73 bits per heavy atom. The first kappa shape index (κ1) is 15.9. The molecule has 0 bridgehead atoms. The Morgan fingerprint density at radius 1 is 1.09 bits per heavy atom. The largest absolute Gasteiger partial charge is 0.465 e. The number of hydrogen-bond donors (Lipinski definition) is 1. The number of methoxy groups -OCH3 is 1. The lowest BCUT2D eigenvalue weighted by Crippen LogP contribution is -2.14. The first-order valence-electron chi connectivity index (χ1n) is 6.06. The molecule has 0 aliphatic carbocycles. The second-order valence-electron chi connectivity index (χ2n) is 4.26. The summed E-state index contributed by atoms with van der Waals surface area (Å²) in [5, 5.41) is 2.70. The van der Waals surface area contributed by atoms with Crippen LogP contribution in [-0.2, 0) is 4.74 Å². The number of hydrogen-bond acceptors (Lipinski definition) is 3. The molecule has 114 valence electrons. The Bertz CT molecular complexity index is 732. The molecular weight excluding hydrogens is 316 g/mol. The Balaban J connectivity index is 2.30. The molecule has 4 nitrogen and oxygen atoms in total. The number of carbonyl (C=O) groups excluding carboxylic acids is 2. The Hall–Kier alpha value is -2.47. The Kier molecular flexibility index (Phi) is 4.72. The Labute approximate surface area is 129 Å². The molecule has 0 saturated carbocycles. The normalized spacial score (nSPS) is 10.2. The third kappa shape index (κ3) is 3.40. The molecular formula is C15H10ClF2NO3. The van der Waals surface area contributed by atoms with Gasteiger partial charge in [-0.1, -0.05) is 11.6 Å². The predicted molar refractivity (Wildman–Crippen MR) is 77.1 cm³/mol. The van der Waals surface area contributed by atoms with E-state index in [2.05, 4.69) is 10.1 Å². The van der Waals surface area contributed by atoms with Crippen LogP contribution in [0, 0.1) is 11.6 Å². The van der Waals surface area contributed by atoms with E-state index < -0.39 is 29.1 Å². The molecule has 22 heavy (non-hydrogen) atoms. The molecule has 1 N–H and O–H groups in total. The molecule has 0 atom stereocenters. The van der Waals surface area contributed by atoms with Gasteiger partial charge in [-0.25, -0.2) is 13.6 Å². The van der Waals surface area contributed by atoms with E-state index in [1.807, 2.05) is 0 Å². The molecule has 2 rings (SSSR count). The summed E-state index contributed by atoms with van der Waals surface area (Å²) in [5.74, 6) is -3.68. The number of rotatable bonds is 3. The molecule has 0 spiro atoms. The molecule has 0 aromatic heterocycles. The van der Waals surface area contributed by atoms with Crippen LogP contribution in [-0.4, -0.2) is 19.0 Å². The second-order valence-corrected chi connectivity index (χ2v) is 4.70. The molecule has 7 heteroatoms. The zero-order chi connectivity index (χ0) is 16.3. The van der Waals surface area contributed by atoms with Crippen molar-refractivity contribution in [2.45, 2.75) is 0 Å². The van der Waals surface area contributed by atoms with E-state index in [0.717, 1.165) is 13.2 Å². The minimum absolute atomic E-state index is 0.229. The number of amides is 1. The van der Waals surface area contributed by atoms with Gasteiger partial charge in [-0.3, -0.25) is 4.79 Å². The van der Waals surface area contributed by atoms with E-state index in [1.165, 1.54) is 24.3 Å². The SMILES string of the molecule is COC(=O)c1cc(NC(=O)c2ccc(Cl)cc2)c(F)cc1F. The summed E-state index contributed by atoms with van der Waals surface area (Å²) >= 11 is 5.71. The summed E-state index contributed by atoms with van der Waals surface area (Å²) in [7, 11) is 1.07. The summed E-state index contributed by atoms with van der Waals surface area (Å²) < 4.78 is 31.6. The number of anilines is 1. The van der Waals surface area contributed by atoms with Gasteiger partial charge in [0.05, 0.1) is 18.4 Å². The quantitative estimate of drug-likeness (QED) is 0.876. The van der Waals surface area contributed by atoms with E-state index in [4.69, 9.17) is 11.6 Å². The van der Waals surface area contributed by atoms with Crippen LogP contribution < -0.4 is 5.32 Å².